The number of rotatable bonds is 4. The molecule has 0 bridgehead atoms. The van der Waals surface area contributed by atoms with Gasteiger partial charge in [-0.25, -0.2) is 0 Å². The van der Waals surface area contributed by atoms with Crippen LogP contribution in [0.15, 0.2) is 36.4 Å². The zero-order chi connectivity index (χ0) is 9.52. The van der Waals surface area contributed by atoms with Gasteiger partial charge in [0.05, 0.1) is 0 Å². The fraction of sp³-hybridized carbons (Fsp3) is 0.333. The van der Waals surface area contributed by atoms with Crippen LogP contribution in [-0.4, -0.2) is 11.7 Å². The number of benzene rings is 1. The minimum absolute atomic E-state index is 0.240. The molecule has 0 heterocycles. The molecule has 0 fully saturated rings. The predicted molar refractivity (Wildman–Crippen MR) is 55.7 cm³/mol. The highest BCUT2D eigenvalue weighted by Crippen LogP contribution is 2.07. The maximum atomic E-state index is 8.57. The van der Waals surface area contributed by atoms with Crippen molar-refractivity contribution in [1.82, 2.24) is 0 Å². The van der Waals surface area contributed by atoms with Gasteiger partial charge in [0.2, 0.25) is 0 Å². The van der Waals surface area contributed by atoms with Gasteiger partial charge in [-0.2, -0.15) is 0 Å². The van der Waals surface area contributed by atoms with Crippen molar-refractivity contribution in [2.75, 3.05) is 6.61 Å². The number of aliphatic hydroxyl groups is 1. The van der Waals surface area contributed by atoms with Crippen LogP contribution in [-0.2, 0) is 6.42 Å². The van der Waals surface area contributed by atoms with E-state index in [-0.39, 0.29) is 6.61 Å². The Morgan fingerprint density at radius 3 is 2.69 bits per heavy atom. The molecule has 1 heteroatoms. The van der Waals surface area contributed by atoms with Crippen LogP contribution in [0.25, 0.3) is 0 Å². The van der Waals surface area contributed by atoms with Crippen LogP contribution in [0.5, 0.6) is 0 Å². The van der Waals surface area contributed by atoms with E-state index in [0.717, 1.165) is 12.8 Å². The van der Waals surface area contributed by atoms with Gasteiger partial charge in [-0.05, 0) is 30.9 Å². The van der Waals surface area contributed by atoms with Gasteiger partial charge in [-0.3, -0.25) is 0 Å². The van der Waals surface area contributed by atoms with E-state index >= 15 is 0 Å². The minimum Gasteiger partial charge on any atom is -0.396 e. The van der Waals surface area contributed by atoms with E-state index in [1.165, 1.54) is 11.1 Å². The summed E-state index contributed by atoms with van der Waals surface area (Å²) in [6, 6.07) is 8.37. The molecule has 1 nitrogen and oxygen atoms in total. The lowest BCUT2D eigenvalue weighted by Gasteiger charge is -2.00. The highest BCUT2D eigenvalue weighted by atomic mass is 16.2. The zero-order valence-corrected chi connectivity index (χ0v) is 8.03. The molecule has 0 saturated carbocycles. The van der Waals surface area contributed by atoms with Gasteiger partial charge in [0.1, 0.15) is 0 Å². The van der Waals surface area contributed by atoms with E-state index in [2.05, 4.69) is 37.3 Å². The Balaban J connectivity index is 2.49. The Labute approximate surface area is 79.7 Å². The molecular formula is C12H16O. The Morgan fingerprint density at radius 2 is 2.00 bits per heavy atom. The smallest absolute Gasteiger partial charge is 0.0465 e. The molecule has 0 atom stereocenters. The number of aryl methyl sites for hydroxylation is 1. The Hall–Kier alpha value is -1.08. The molecule has 70 valence electrons. The third kappa shape index (κ3) is 3.43. The molecule has 0 unspecified atom stereocenters. The van der Waals surface area contributed by atoms with Gasteiger partial charge in [0, 0.05) is 6.61 Å². The highest BCUT2D eigenvalue weighted by Gasteiger charge is 1.92. The maximum absolute atomic E-state index is 8.57. The first-order valence-electron chi connectivity index (χ1n) is 4.65. The minimum atomic E-state index is 0.240. The van der Waals surface area contributed by atoms with Crippen molar-refractivity contribution in [2.24, 2.45) is 0 Å². The van der Waals surface area contributed by atoms with Crippen molar-refractivity contribution in [3.05, 3.63) is 47.5 Å². The van der Waals surface area contributed by atoms with Crippen molar-refractivity contribution in [2.45, 2.75) is 19.8 Å². The second kappa shape index (κ2) is 5.55. The summed E-state index contributed by atoms with van der Waals surface area (Å²) in [5.74, 6) is 0. The molecule has 0 aliphatic heterocycles. The SMILES string of the molecule is Cc1ccccc1C/C=C\CCO. The van der Waals surface area contributed by atoms with E-state index in [1.54, 1.807) is 0 Å². The summed E-state index contributed by atoms with van der Waals surface area (Å²) in [5, 5.41) is 8.57. The van der Waals surface area contributed by atoms with Crippen molar-refractivity contribution < 1.29 is 5.11 Å². The molecule has 0 spiro atoms. The summed E-state index contributed by atoms with van der Waals surface area (Å²) in [7, 11) is 0. The third-order valence-electron chi connectivity index (χ3n) is 2.06. The van der Waals surface area contributed by atoms with Crippen LogP contribution in [0, 0.1) is 6.92 Å². The average Bonchev–Trinajstić information content (AvgIpc) is 2.15. The van der Waals surface area contributed by atoms with Crippen LogP contribution in [0.1, 0.15) is 17.5 Å². The summed E-state index contributed by atoms with van der Waals surface area (Å²) in [5.41, 5.74) is 2.69. The Morgan fingerprint density at radius 1 is 1.23 bits per heavy atom. The van der Waals surface area contributed by atoms with Crippen molar-refractivity contribution in [3.8, 4) is 0 Å². The van der Waals surface area contributed by atoms with E-state index in [4.69, 9.17) is 5.11 Å². The van der Waals surface area contributed by atoms with Crippen LogP contribution < -0.4 is 0 Å². The molecule has 0 aromatic heterocycles. The molecule has 0 radical (unpaired) electrons. The van der Waals surface area contributed by atoms with Crippen molar-refractivity contribution in [3.63, 3.8) is 0 Å². The Kier molecular flexibility index (Phi) is 4.27. The van der Waals surface area contributed by atoms with Gasteiger partial charge in [0.15, 0.2) is 0 Å². The fourth-order valence-corrected chi connectivity index (χ4v) is 1.24. The van der Waals surface area contributed by atoms with E-state index in [1.807, 2.05) is 6.08 Å². The molecule has 1 rings (SSSR count). The van der Waals surface area contributed by atoms with Crippen molar-refractivity contribution >= 4 is 0 Å². The first-order chi connectivity index (χ1) is 6.34. The third-order valence-corrected chi connectivity index (χ3v) is 2.06. The maximum Gasteiger partial charge on any atom is 0.0465 e. The van der Waals surface area contributed by atoms with E-state index in [0.29, 0.717) is 0 Å². The average molecular weight is 176 g/mol. The second-order valence-corrected chi connectivity index (χ2v) is 3.11. The summed E-state index contributed by atoms with van der Waals surface area (Å²) < 4.78 is 0. The standard InChI is InChI=1S/C12H16O/c1-11-7-4-5-9-12(11)8-3-2-6-10-13/h2-5,7,9,13H,6,8,10H2,1H3/b3-2-. The molecule has 13 heavy (non-hydrogen) atoms. The first kappa shape index (κ1) is 10.0. The molecule has 1 N–H and O–H groups in total. The van der Waals surface area contributed by atoms with Crippen LogP contribution >= 0.6 is 0 Å². The lowest BCUT2D eigenvalue weighted by molar-refractivity contribution is 0.302. The fourth-order valence-electron chi connectivity index (χ4n) is 1.24. The molecular weight excluding hydrogens is 160 g/mol. The summed E-state index contributed by atoms with van der Waals surface area (Å²) in [6.07, 6.45) is 5.85. The normalized spacial score (nSPS) is 10.9. The zero-order valence-electron chi connectivity index (χ0n) is 8.03. The van der Waals surface area contributed by atoms with Crippen LogP contribution in [0.3, 0.4) is 0 Å². The van der Waals surface area contributed by atoms with Crippen molar-refractivity contribution in [1.29, 1.82) is 0 Å². The summed E-state index contributed by atoms with van der Waals surface area (Å²) in [4.78, 5) is 0. The number of hydrogen-bond donors (Lipinski definition) is 1. The molecule has 0 amide bonds. The van der Waals surface area contributed by atoms with E-state index < -0.39 is 0 Å². The molecule has 1 aromatic carbocycles. The molecule has 1 aromatic rings. The Bertz CT molecular complexity index is 276. The molecule has 0 saturated heterocycles. The molecule has 0 aliphatic carbocycles. The van der Waals surface area contributed by atoms with E-state index in [9.17, 15) is 0 Å². The predicted octanol–water partition coefficient (Wildman–Crippen LogP) is 2.48. The van der Waals surface area contributed by atoms with Gasteiger partial charge in [0.25, 0.3) is 0 Å². The highest BCUT2D eigenvalue weighted by molar-refractivity contribution is 5.27. The van der Waals surface area contributed by atoms with Gasteiger partial charge in [-0.1, -0.05) is 36.4 Å². The monoisotopic (exact) mass is 176 g/mol. The van der Waals surface area contributed by atoms with Crippen LogP contribution in [0.2, 0.25) is 0 Å². The van der Waals surface area contributed by atoms with Gasteiger partial charge in [-0.15, -0.1) is 0 Å². The van der Waals surface area contributed by atoms with Gasteiger partial charge >= 0.3 is 0 Å². The van der Waals surface area contributed by atoms with Crippen LogP contribution in [0.4, 0.5) is 0 Å². The number of allylic oxidation sites excluding steroid dienone is 1. The summed E-state index contributed by atoms with van der Waals surface area (Å²) in [6.45, 7) is 2.36. The second-order valence-electron chi connectivity index (χ2n) is 3.11. The lowest BCUT2D eigenvalue weighted by atomic mass is 10.1. The first-order valence-corrected chi connectivity index (χ1v) is 4.65. The molecule has 0 aliphatic rings. The number of hydrogen-bond acceptors (Lipinski definition) is 1. The summed E-state index contributed by atoms with van der Waals surface area (Å²) >= 11 is 0. The quantitative estimate of drug-likeness (QED) is 0.699. The largest absolute Gasteiger partial charge is 0.396 e. The number of aliphatic hydroxyl groups excluding tert-OH is 1. The topological polar surface area (TPSA) is 20.2 Å². The lowest BCUT2D eigenvalue weighted by Crippen LogP contribution is -1.85. The van der Waals surface area contributed by atoms with Gasteiger partial charge < -0.3 is 5.11 Å².